The molecule has 0 saturated heterocycles. The Morgan fingerprint density at radius 3 is 2.74 bits per heavy atom. The fourth-order valence-electron chi connectivity index (χ4n) is 1.84. The van der Waals surface area contributed by atoms with Crippen LogP contribution in [0.25, 0.3) is 17.3 Å². The Kier molecular flexibility index (Phi) is 2.68. The molecule has 2 N–H and O–H groups in total. The van der Waals surface area contributed by atoms with E-state index in [0.29, 0.717) is 5.82 Å². The summed E-state index contributed by atoms with van der Waals surface area (Å²) in [5, 5.41) is 0. The van der Waals surface area contributed by atoms with Gasteiger partial charge >= 0.3 is 0 Å². The van der Waals surface area contributed by atoms with E-state index in [-0.39, 0.29) is 5.95 Å². The van der Waals surface area contributed by atoms with Crippen molar-refractivity contribution in [1.29, 1.82) is 0 Å². The molecule has 0 unspecified atom stereocenters. The van der Waals surface area contributed by atoms with Gasteiger partial charge in [0, 0.05) is 24.3 Å². The van der Waals surface area contributed by atoms with Crippen LogP contribution >= 0.6 is 0 Å². The number of aryl methyl sites for hydroxylation is 1. The molecule has 0 aliphatic heterocycles. The molecule has 0 atom stereocenters. The number of pyridine rings is 1. The van der Waals surface area contributed by atoms with Crippen molar-refractivity contribution in [1.82, 2.24) is 24.5 Å². The third kappa shape index (κ3) is 2.15. The zero-order chi connectivity index (χ0) is 13.2. The quantitative estimate of drug-likeness (QED) is 0.749. The third-order valence-corrected chi connectivity index (χ3v) is 2.66. The Hall–Kier alpha value is -2.76. The highest BCUT2D eigenvalue weighted by Crippen LogP contribution is 2.18. The molecule has 0 spiro atoms. The maximum Gasteiger partial charge on any atom is 0.221 e. The van der Waals surface area contributed by atoms with E-state index in [1.807, 2.05) is 35.9 Å². The van der Waals surface area contributed by atoms with E-state index in [0.717, 1.165) is 17.2 Å². The van der Waals surface area contributed by atoms with E-state index >= 15 is 0 Å². The van der Waals surface area contributed by atoms with E-state index < -0.39 is 0 Å². The van der Waals surface area contributed by atoms with Gasteiger partial charge in [-0.2, -0.15) is 4.98 Å². The zero-order valence-electron chi connectivity index (χ0n) is 10.4. The van der Waals surface area contributed by atoms with E-state index in [1.165, 1.54) is 0 Å². The molecule has 3 aromatic rings. The predicted molar refractivity (Wildman–Crippen MR) is 71.5 cm³/mol. The molecule has 0 amide bonds. The lowest BCUT2D eigenvalue weighted by Gasteiger charge is -2.07. The Balaban J connectivity index is 2.13. The van der Waals surface area contributed by atoms with E-state index in [1.54, 1.807) is 18.5 Å². The highest BCUT2D eigenvalue weighted by atomic mass is 15.2. The van der Waals surface area contributed by atoms with Crippen molar-refractivity contribution in [3.05, 3.63) is 48.5 Å². The summed E-state index contributed by atoms with van der Waals surface area (Å²) in [6, 6.07) is 7.58. The van der Waals surface area contributed by atoms with Crippen molar-refractivity contribution >= 4 is 5.95 Å². The minimum absolute atomic E-state index is 0.231. The Morgan fingerprint density at radius 1 is 1.05 bits per heavy atom. The van der Waals surface area contributed by atoms with Crippen molar-refractivity contribution in [2.75, 3.05) is 5.73 Å². The topological polar surface area (TPSA) is 82.5 Å². The van der Waals surface area contributed by atoms with Crippen LogP contribution in [-0.4, -0.2) is 24.5 Å². The number of rotatable bonds is 2. The first-order valence-corrected chi connectivity index (χ1v) is 5.80. The molecular formula is C13H12N6. The molecule has 0 bridgehead atoms. The molecule has 0 saturated carbocycles. The lowest BCUT2D eigenvalue weighted by molar-refractivity contribution is 0.976. The number of anilines is 1. The SMILES string of the molecule is Cc1cccc(-c2nccn2-c2ccnc(N)n2)n1. The lowest BCUT2D eigenvalue weighted by Crippen LogP contribution is -2.03. The summed E-state index contributed by atoms with van der Waals surface area (Å²) in [5.74, 6) is 1.62. The van der Waals surface area contributed by atoms with E-state index in [9.17, 15) is 0 Å². The molecule has 0 fully saturated rings. The average Bonchev–Trinajstić information content (AvgIpc) is 2.88. The van der Waals surface area contributed by atoms with Crippen LogP contribution in [0.2, 0.25) is 0 Å². The molecule has 94 valence electrons. The fraction of sp³-hybridized carbons (Fsp3) is 0.0769. The van der Waals surface area contributed by atoms with Crippen molar-refractivity contribution in [2.24, 2.45) is 0 Å². The van der Waals surface area contributed by atoms with Crippen LogP contribution in [0.3, 0.4) is 0 Å². The van der Waals surface area contributed by atoms with Gasteiger partial charge < -0.3 is 5.73 Å². The molecule has 3 aromatic heterocycles. The fourth-order valence-corrected chi connectivity index (χ4v) is 1.84. The Labute approximate surface area is 110 Å². The van der Waals surface area contributed by atoms with Gasteiger partial charge in [-0.05, 0) is 25.1 Å². The maximum absolute atomic E-state index is 5.61. The molecule has 6 nitrogen and oxygen atoms in total. The summed E-state index contributed by atoms with van der Waals surface area (Å²) in [7, 11) is 0. The van der Waals surface area contributed by atoms with E-state index in [4.69, 9.17) is 5.73 Å². The van der Waals surface area contributed by atoms with Crippen LogP contribution in [0.5, 0.6) is 0 Å². The minimum atomic E-state index is 0.231. The van der Waals surface area contributed by atoms with Gasteiger partial charge in [-0.25, -0.2) is 15.0 Å². The average molecular weight is 252 g/mol. The Morgan fingerprint density at radius 2 is 1.95 bits per heavy atom. The van der Waals surface area contributed by atoms with Crippen LogP contribution in [0, 0.1) is 6.92 Å². The number of nitrogen functional groups attached to an aromatic ring is 1. The standard InChI is InChI=1S/C13H12N6/c1-9-3-2-4-10(17-9)12-15-7-8-19(12)11-5-6-16-13(14)18-11/h2-8H,1H3,(H2,14,16,18). The first-order chi connectivity index (χ1) is 9.24. The molecule has 0 aliphatic rings. The minimum Gasteiger partial charge on any atom is -0.368 e. The summed E-state index contributed by atoms with van der Waals surface area (Å²) < 4.78 is 1.83. The molecule has 3 rings (SSSR count). The van der Waals surface area contributed by atoms with Crippen molar-refractivity contribution in [2.45, 2.75) is 6.92 Å². The lowest BCUT2D eigenvalue weighted by atomic mass is 10.3. The van der Waals surface area contributed by atoms with Gasteiger partial charge in [0.15, 0.2) is 5.82 Å². The first kappa shape index (κ1) is 11.3. The van der Waals surface area contributed by atoms with Gasteiger partial charge in [0.25, 0.3) is 0 Å². The largest absolute Gasteiger partial charge is 0.368 e. The molecule has 6 heteroatoms. The van der Waals surface area contributed by atoms with Gasteiger partial charge in [-0.1, -0.05) is 6.07 Å². The zero-order valence-corrected chi connectivity index (χ0v) is 10.4. The van der Waals surface area contributed by atoms with Gasteiger partial charge in [-0.15, -0.1) is 0 Å². The van der Waals surface area contributed by atoms with Gasteiger partial charge in [-0.3, -0.25) is 4.57 Å². The van der Waals surface area contributed by atoms with Crippen molar-refractivity contribution in [3.63, 3.8) is 0 Å². The molecule has 3 heterocycles. The van der Waals surface area contributed by atoms with Gasteiger partial charge in [0.2, 0.25) is 5.95 Å². The van der Waals surface area contributed by atoms with Crippen LogP contribution in [0.15, 0.2) is 42.9 Å². The molecule has 0 aliphatic carbocycles. The second kappa shape index (κ2) is 4.49. The summed E-state index contributed by atoms with van der Waals surface area (Å²) in [6.07, 6.45) is 5.14. The molecular weight excluding hydrogens is 240 g/mol. The van der Waals surface area contributed by atoms with Gasteiger partial charge in [0.05, 0.1) is 0 Å². The molecule has 19 heavy (non-hydrogen) atoms. The predicted octanol–water partition coefficient (Wildman–Crippen LogP) is 1.61. The highest BCUT2D eigenvalue weighted by molar-refractivity contribution is 5.53. The number of hydrogen-bond donors (Lipinski definition) is 1. The second-order valence-corrected chi connectivity index (χ2v) is 4.06. The number of nitrogens with two attached hydrogens (primary N) is 1. The van der Waals surface area contributed by atoms with Crippen molar-refractivity contribution < 1.29 is 0 Å². The molecule has 0 radical (unpaired) electrons. The maximum atomic E-state index is 5.61. The third-order valence-electron chi connectivity index (χ3n) is 2.66. The smallest absolute Gasteiger partial charge is 0.221 e. The summed E-state index contributed by atoms with van der Waals surface area (Å²) in [4.78, 5) is 16.9. The van der Waals surface area contributed by atoms with Crippen LogP contribution in [-0.2, 0) is 0 Å². The van der Waals surface area contributed by atoms with Crippen LogP contribution in [0.1, 0.15) is 5.69 Å². The summed E-state index contributed by atoms with van der Waals surface area (Å²) >= 11 is 0. The van der Waals surface area contributed by atoms with Crippen LogP contribution in [0.4, 0.5) is 5.95 Å². The summed E-state index contributed by atoms with van der Waals surface area (Å²) in [6.45, 7) is 1.94. The monoisotopic (exact) mass is 252 g/mol. The van der Waals surface area contributed by atoms with Gasteiger partial charge in [0.1, 0.15) is 11.5 Å². The van der Waals surface area contributed by atoms with E-state index in [2.05, 4.69) is 19.9 Å². The molecule has 0 aromatic carbocycles. The number of nitrogens with zero attached hydrogens (tertiary/aromatic N) is 5. The number of hydrogen-bond acceptors (Lipinski definition) is 5. The first-order valence-electron chi connectivity index (χ1n) is 5.80. The van der Waals surface area contributed by atoms with Crippen LogP contribution < -0.4 is 5.73 Å². The van der Waals surface area contributed by atoms with Crippen molar-refractivity contribution in [3.8, 4) is 17.3 Å². The number of imidazole rings is 1. The normalized spacial score (nSPS) is 10.6. The second-order valence-electron chi connectivity index (χ2n) is 4.06. The highest BCUT2D eigenvalue weighted by Gasteiger charge is 2.10. The summed E-state index contributed by atoms with van der Waals surface area (Å²) in [5.41, 5.74) is 7.34. The Bertz CT molecular complexity index is 658. The number of aromatic nitrogens is 5.